The molecule has 0 spiro atoms. The number of carbonyl (C=O) groups excluding carboxylic acids is 2. The lowest BCUT2D eigenvalue weighted by molar-refractivity contribution is 0.0527. The minimum absolute atomic E-state index is 0.317. The first-order valence-corrected chi connectivity index (χ1v) is 10.7. The second-order valence-electron chi connectivity index (χ2n) is 7.78. The monoisotopic (exact) mass is 405 g/mol. The fourth-order valence-corrected chi connectivity index (χ4v) is 4.50. The van der Waals surface area contributed by atoms with Gasteiger partial charge in [0, 0.05) is 22.6 Å². The van der Waals surface area contributed by atoms with Crippen LogP contribution >= 0.6 is 0 Å². The number of nitrogens with zero attached hydrogens (tertiary/aromatic N) is 1. The van der Waals surface area contributed by atoms with E-state index in [1.807, 2.05) is 19.1 Å². The Bertz CT molecular complexity index is 1060. The van der Waals surface area contributed by atoms with Crippen molar-refractivity contribution >= 4 is 22.8 Å². The van der Waals surface area contributed by atoms with Gasteiger partial charge in [-0.2, -0.15) is 0 Å². The fourth-order valence-electron chi connectivity index (χ4n) is 4.50. The third-order valence-corrected chi connectivity index (χ3v) is 5.86. The fraction of sp³-hybridized carbons (Fsp3) is 0.360. The molecule has 1 saturated carbocycles. The Balaban J connectivity index is 1.76. The third-order valence-electron chi connectivity index (χ3n) is 5.86. The Hall–Kier alpha value is -3.08. The molecule has 0 aliphatic heterocycles. The van der Waals surface area contributed by atoms with E-state index in [-0.39, 0.29) is 5.97 Å². The quantitative estimate of drug-likeness (QED) is 0.395. The van der Waals surface area contributed by atoms with Crippen molar-refractivity contribution in [2.45, 2.75) is 52.0 Å². The van der Waals surface area contributed by atoms with Gasteiger partial charge in [-0.15, -0.1) is 0 Å². The molecule has 156 valence electrons. The van der Waals surface area contributed by atoms with Gasteiger partial charge in [0.25, 0.3) is 0 Å². The highest BCUT2D eigenvalue weighted by Crippen LogP contribution is 2.37. The summed E-state index contributed by atoms with van der Waals surface area (Å²) in [5.74, 6) is -0.333. The summed E-state index contributed by atoms with van der Waals surface area (Å²) in [4.78, 5) is 25.3. The average molecular weight is 405 g/mol. The number of fused-ring (bicyclic) bond motifs is 1. The number of rotatable bonds is 5. The predicted octanol–water partition coefficient (Wildman–Crippen LogP) is 5.85. The number of esters is 2. The van der Waals surface area contributed by atoms with Crippen LogP contribution in [0.5, 0.6) is 5.75 Å². The lowest BCUT2D eigenvalue weighted by Crippen LogP contribution is -2.15. The zero-order valence-corrected chi connectivity index (χ0v) is 17.5. The SMILES string of the molecule is CCOC(=O)c1c(C)n(C2CCCCC2)c2ccc(OC(=O)c3ccccc3)cc12. The Morgan fingerprint density at radius 2 is 1.73 bits per heavy atom. The van der Waals surface area contributed by atoms with Crippen molar-refractivity contribution < 1.29 is 19.1 Å². The topological polar surface area (TPSA) is 57.5 Å². The van der Waals surface area contributed by atoms with Crippen LogP contribution in [0.15, 0.2) is 48.5 Å². The Labute approximate surface area is 176 Å². The maximum absolute atomic E-state index is 12.8. The van der Waals surface area contributed by atoms with E-state index in [0.29, 0.717) is 29.5 Å². The number of benzene rings is 2. The van der Waals surface area contributed by atoms with Gasteiger partial charge in [-0.05, 0) is 57.0 Å². The molecule has 0 amide bonds. The molecule has 30 heavy (non-hydrogen) atoms. The van der Waals surface area contributed by atoms with Crippen molar-refractivity contribution in [2.24, 2.45) is 0 Å². The molecule has 0 unspecified atom stereocenters. The van der Waals surface area contributed by atoms with Crippen LogP contribution in [0.3, 0.4) is 0 Å². The van der Waals surface area contributed by atoms with Crippen LogP contribution in [0.2, 0.25) is 0 Å². The molecule has 2 aromatic carbocycles. The van der Waals surface area contributed by atoms with E-state index in [4.69, 9.17) is 9.47 Å². The lowest BCUT2D eigenvalue weighted by atomic mass is 9.95. The number of aromatic nitrogens is 1. The van der Waals surface area contributed by atoms with Crippen LogP contribution < -0.4 is 4.74 Å². The molecule has 0 bridgehead atoms. The Kier molecular flexibility index (Phi) is 5.88. The van der Waals surface area contributed by atoms with Gasteiger partial charge in [0.2, 0.25) is 0 Å². The summed E-state index contributed by atoms with van der Waals surface area (Å²) in [6.07, 6.45) is 5.88. The minimum Gasteiger partial charge on any atom is -0.462 e. The Morgan fingerprint density at radius 1 is 1.00 bits per heavy atom. The highest BCUT2D eigenvalue weighted by molar-refractivity contribution is 6.06. The van der Waals surface area contributed by atoms with Crippen LogP contribution in [0.4, 0.5) is 0 Å². The van der Waals surface area contributed by atoms with Gasteiger partial charge >= 0.3 is 11.9 Å². The van der Waals surface area contributed by atoms with Gasteiger partial charge in [0.05, 0.1) is 17.7 Å². The van der Waals surface area contributed by atoms with Crippen molar-refractivity contribution in [1.29, 1.82) is 0 Å². The molecule has 1 aromatic heterocycles. The standard InChI is InChI=1S/C25H27NO4/c1-3-29-25(28)23-17(2)26(19-12-8-5-9-13-19)22-15-14-20(16-21(22)23)30-24(27)18-10-6-4-7-11-18/h4,6-7,10-11,14-16,19H,3,5,8-9,12-13H2,1-2H3. The molecule has 1 aliphatic rings. The zero-order chi connectivity index (χ0) is 21.1. The van der Waals surface area contributed by atoms with E-state index in [2.05, 4.69) is 4.57 Å². The van der Waals surface area contributed by atoms with Gasteiger partial charge in [-0.1, -0.05) is 37.5 Å². The van der Waals surface area contributed by atoms with Crippen LogP contribution in [0.1, 0.15) is 71.5 Å². The first kappa shape index (κ1) is 20.2. The van der Waals surface area contributed by atoms with Crippen LogP contribution in [0, 0.1) is 6.92 Å². The van der Waals surface area contributed by atoms with Gasteiger partial charge in [-0.3, -0.25) is 0 Å². The molecule has 3 aromatic rings. The molecule has 5 heteroatoms. The normalized spacial score (nSPS) is 14.6. The molecule has 1 heterocycles. The summed E-state index contributed by atoms with van der Waals surface area (Å²) in [6.45, 7) is 4.11. The van der Waals surface area contributed by atoms with Crippen LogP contribution in [0.25, 0.3) is 10.9 Å². The zero-order valence-electron chi connectivity index (χ0n) is 17.5. The number of hydrogen-bond acceptors (Lipinski definition) is 4. The summed E-state index contributed by atoms with van der Waals surface area (Å²) in [7, 11) is 0. The summed E-state index contributed by atoms with van der Waals surface area (Å²) in [6, 6.07) is 14.8. The van der Waals surface area contributed by atoms with Gasteiger partial charge < -0.3 is 14.0 Å². The highest BCUT2D eigenvalue weighted by Gasteiger charge is 2.26. The smallest absolute Gasteiger partial charge is 0.343 e. The van der Waals surface area contributed by atoms with Crippen LogP contribution in [-0.2, 0) is 4.74 Å². The second kappa shape index (κ2) is 8.74. The molecule has 0 radical (unpaired) electrons. The summed E-state index contributed by atoms with van der Waals surface area (Å²) < 4.78 is 13.2. The summed E-state index contributed by atoms with van der Waals surface area (Å²) in [5, 5.41) is 0.773. The molecule has 0 atom stereocenters. The third kappa shape index (κ3) is 3.84. The second-order valence-corrected chi connectivity index (χ2v) is 7.78. The molecule has 0 saturated heterocycles. The molecule has 0 N–H and O–H groups in total. The maximum Gasteiger partial charge on any atom is 0.343 e. The largest absolute Gasteiger partial charge is 0.462 e. The minimum atomic E-state index is -0.420. The van der Waals surface area contributed by atoms with Crippen molar-refractivity contribution in [3.05, 3.63) is 65.4 Å². The van der Waals surface area contributed by atoms with Crippen molar-refractivity contribution in [3.63, 3.8) is 0 Å². The molecule has 4 rings (SSSR count). The molecule has 1 aliphatic carbocycles. The number of hydrogen-bond donors (Lipinski definition) is 0. The molecular weight excluding hydrogens is 378 g/mol. The van der Waals surface area contributed by atoms with E-state index in [0.717, 1.165) is 29.4 Å². The highest BCUT2D eigenvalue weighted by atomic mass is 16.5. The van der Waals surface area contributed by atoms with Gasteiger partial charge in [-0.25, -0.2) is 9.59 Å². The average Bonchev–Trinajstić information content (AvgIpc) is 3.06. The molecular formula is C25H27NO4. The summed E-state index contributed by atoms with van der Waals surface area (Å²) >= 11 is 0. The van der Waals surface area contributed by atoms with Crippen molar-refractivity contribution in [2.75, 3.05) is 6.61 Å². The lowest BCUT2D eigenvalue weighted by Gasteiger charge is -2.26. The van der Waals surface area contributed by atoms with Gasteiger partial charge in [0.1, 0.15) is 5.75 Å². The first-order valence-electron chi connectivity index (χ1n) is 10.7. The van der Waals surface area contributed by atoms with E-state index in [1.165, 1.54) is 19.3 Å². The summed E-state index contributed by atoms with van der Waals surface area (Å²) in [5.41, 5.74) is 2.96. The molecule has 1 fully saturated rings. The maximum atomic E-state index is 12.8. The molecule has 5 nitrogen and oxygen atoms in total. The van der Waals surface area contributed by atoms with E-state index in [1.54, 1.807) is 43.3 Å². The Morgan fingerprint density at radius 3 is 2.43 bits per heavy atom. The van der Waals surface area contributed by atoms with Gasteiger partial charge in [0.15, 0.2) is 0 Å². The predicted molar refractivity (Wildman–Crippen MR) is 116 cm³/mol. The van der Waals surface area contributed by atoms with E-state index in [9.17, 15) is 9.59 Å². The van der Waals surface area contributed by atoms with Crippen molar-refractivity contribution in [3.8, 4) is 5.75 Å². The number of ether oxygens (including phenoxy) is 2. The van der Waals surface area contributed by atoms with E-state index >= 15 is 0 Å². The van der Waals surface area contributed by atoms with Crippen molar-refractivity contribution in [1.82, 2.24) is 4.57 Å². The first-order chi connectivity index (χ1) is 14.6. The van der Waals surface area contributed by atoms with Crippen LogP contribution in [-0.4, -0.2) is 23.1 Å². The number of carbonyl (C=O) groups is 2. The van der Waals surface area contributed by atoms with E-state index < -0.39 is 5.97 Å².